The van der Waals surface area contributed by atoms with E-state index in [0.717, 1.165) is 25.7 Å². The van der Waals surface area contributed by atoms with Crippen molar-refractivity contribution in [3.63, 3.8) is 0 Å². The van der Waals surface area contributed by atoms with Gasteiger partial charge in [-0.15, -0.1) is 0 Å². The van der Waals surface area contributed by atoms with E-state index >= 15 is 0 Å². The Morgan fingerprint density at radius 2 is 1.47 bits per heavy atom. The minimum atomic E-state index is -0.598. The Kier molecular flexibility index (Phi) is 9.68. The number of hydrogen-bond donors (Lipinski definition) is 1. The van der Waals surface area contributed by atoms with Crippen LogP contribution >= 0.6 is 0 Å². The zero-order valence-electron chi connectivity index (χ0n) is 23.4. The van der Waals surface area contributed by atoms with E-state index in [4.69, 9.17) is 14.6 Å². The van der Waals surface area contributed by atoms with Crippen molar-refractivity contribution in [2.75, 3.05) is 6.61 Å². The molecule has 2 heterocycles. The maximum atomic E-state index is 11.4. The van der Waals surface area contributed by atoms with Crippen LogP contribution in [-0.2, 0) is 23.9 Å². The number of esters is 2. The monoisotopic (exact) mass is 504 g/mol. The molecule has 0 bridgehead atoms. The first-order valence-corrected chi connectivity index (χ1v) is 14.2. The number of carbonyl (C=O) groups is 3. The molecule has 36 heavy (non-hydrogen) atoms. The van der Waals surface area contributed by atoms with Gasteiger partial charge in [0.05, 0.1) is 30.6 Å². The molecular formula is C30H48O6. The highest BCUT2D eigenvalue weighted by Gasteiger charge is 2.45. The van der Waals surface area contributed by atoms with Crippen LogP contribution in [0.4, 0.5) is 0 Å². The number of ether oxygens (including phenoxy) is 2. The van der Waals surface area contributed by atoms with Crippen molar-refractivity contribution in [3.05, 3.63) is 11.8 Å². The minimum absolute atomic E-state index is 0.0180. The van der Waals surface area contributed by atoms with E-state index in [1.54, 1.807) is 6.26 Å². The number of hydrogen-bond acceptors (Lipinski definition) is 5. The largest absolute Gasteiger partial charge is 0.481 e. The number of aliphatic carboxylic acids is 1. The van der Waals surface area contributed by atoms with Crippen LogP contribution < -0.4 is 0 Å². The molecule has 1 saturated heterocycles. The van der Waals surface area contributed by atoms with Crippen LogP contribution in [0.25, 0.3) is 0 Å². The average Bonchev–Trinajstić information content (AvgIpc) is 3.52. The molecular weight excluding hydrogens is 456 g/mol. The molecule has 1 unspecified atom stereocenters. The maximum Gasteiger partial charge on any atom is 0.314 e. The van der Waals surface area contributed by atoms with Gasteiger partial charge < -0.3 is 14.6 Å². The second-order valence-electron chi connectivity index (χ2n) is 12.7. The van der Waals surface area contributed by atoms with E-state index in [0.29, 0.717) is 54.0 Å². The van der Waals surface area contributed by atoms with Crippen LogP contribution in [-0.4, -0.2) is 29.6 Å². The molecule has 6 nitrogen and oxygen atoms in total. The Labute approximate surface area is 217 Å². The van der Waals surface area contributed by atoms with Gasteiger partial charge in [-0.25, -0.2) is 0 Å². The summed E-state index contributed by atoms with van der Waals surface area (Å²) >= 11 is 0. The lowest BCUT2D eigenvalue weighted by Crippen LogP contribution is -2.37. The van der Waals surface area contributed by atoms with Gasteiger partial charge in [-0.2, -0.15) is 0 Å². The highest BCUT2D eigenvalue weighted by molar-refractivity contribution is 5.76. The summed E-state index contributed by atoms with van der Waals surface area (Å²) < 4.78 is 10.1. The summed E-state index contributed by atoms with van der Waals surface area (Å²) in [4.78, 5) is 33.7. The second kappa shape index (κ2) is 12.1. The molecule has 0 amide bonds. The molecule has 3 aliphatic carbocycles. The second-order valence-corrected chi connectivity index (χ2v) is 12.7. The van der Waals surface area contributed by atoms with E-state index in [-0.39, 0.29) is 29.7 Å². The Morgan fingerprint density at radius 1 is 0.861 bits per heavy atom. The van der Waals surface area contributed by atoms with Crippen molar-refractivity contribution in [1.82, 2.24) is 0 Å². The van der Waals surface area contributed by atoms with Crippen molar-refractivity contribution in [1.29, 1.82) is 0 Å². The Balaban J connectivity index is 0.000000150. The topological polar surface area (TPSA) is 89.9 Å². The summed E-state index contributed by atoms with van der Waals surface area (Å²) in [6.07, 6.45) is 8.55. The van der Waals surface area contributed by atoms with E-state index in [1.807, 2.05) is 0 Å². The third-order valence-corrected chi connectivity index (χ3v) is 9.89. The predicted octanol–water partition coefficient (Wildman–Crippen LogP) is 6.34. The smallest absolute Gasteiger partial charge is 0.314 e. The Hall–Kier alpha value is -1.85. The summed E-state index contributed by atoms with van der Waals surface area (Å²) in [6.45, 7) is 15.5. The fourth-order valence-electron chi connectivity index (χ4n) is 7.55. The van der Waals surface area contributed by atoms with Crippen molar-refractivity contribution in [2.24, 2.45) is 65.1 Å². The van der Waals surface area contributed by atoms with Gasteiger partial charge in [0.25, 0.3) is 0 Å². The summed E-state index contributed by atoms with van der Waals surface area (Å²) in [5.74, 6) is 3.71. The third-order valence-electron chi connectivity index (χ3n) is 9.89. The molecule has 0 aromatic carbocycles. The van der Waals surface area contributed by atoms with Gasteiger partial charge in [-0.05, 0) is 98.4 Å². The van der Waals surface area contributed by atoms with Gasteiger partial charge in [0.1, 0.15) is 0 Å². The predicted molar refractivity (Wildman–Crippen MR) is 139 cm³/mol. The lowest BCUT2D eigenvalue weighted by Gasteiger charge is -2.31. The molecule has 10 atom stereocenters. The zero-order chi connectivity index (χ0) is 26.7. The maximum absolute atomic E-state index is 11.4. The highest BCUT2D eigenvalue weighted by Crippen LogP contribution is 2.45. The van der Waals surface area contributed by atoms with Gasteiger partial charge in [-0.3, -0.25) is 14.4 Å². The van der Waals surface area contributed by atoms with E-state index in [9.17, 15) is 14.4 Å². The van der Waals surface area contributed by atoms with Crippen LogP contribution in [0.3, 0.4) is 0 Å². The third kappa shape index (κ3) is 6.16. The van der Waals surface area contributed by atoms with Gasteiger partial charge in [-0.1, -0.05) is 41.5 Å². The molecule has 0 spiro atoms. The van der Waals surface area contributed by atoms with Gasteiger partial charge >= 0.3 is 17.9 Å². The first kappa shape index (κ1) is 28.7. The number of carboxylic acid groups (broad SMARTS) is 1. The molecule has 0 aromatic heterocycles. The minimum Gasteiger partial charge on any atom is -0.481 e. The van der Waals surface area contributed by atoms with Crippen molar-refractivity contribution >= 4 is 17.9 Å². The Bertz CT molecular complexity index is 817. The average molecular weight is 505 g/mol. The first-order chi connectivity index (χ1) is 16.9. The van der Waals surface area contributed by atoms with Crippen LogP contribution in [0.5, 0.6) is 0 Å². The van der Waals surface area contributed by atoms with Crippen LogP contribution in [0.15, 0.2) is 11.8 Å². The lowest BCUT2D eigenvalue weighted by molar-refractivity contribution is -0.160. The highest BCUT2D eigenvalue weighted by atomic mass is 16.5. The molecule has 2 aliphatic heterocycles. The fourth-order valence-corrected chi connectivity index (χ4v) is 7.55. The molecule has 5 aliphatic rings. The summed E-state index contributed by atoms with van der Waals surface area (Å²) in [7, 11) is 0. The molecule has 1 N–H and O–H groups in total. The molecule has 5 rings (SSSR count). The van der Waals surface area contributed by atoms with Crippen molar-refractivity contribution < 1.29 is 29.0 Å². The number of cyclic esters (lactones) is 2. The summed E-state index contributed by atoms with van der Waals surface area (Å²) in [5, 5.41) is 9.00. The number of allylic oxidation sites excluding steroid dienone is 1. The summed E-state index contributed by atoms with van der Waals surface area (Å²) in [6, 6.07) is 0. The molecule has 204 valence electrons. The SMILES string of the molecule is CC(C)[C@H]1CC[C@H](C)C1C(=O)O.CC1=COC(=O)[C@@H]2[C@@H]1CC[C@@H]2C.C[C@H]1COC(=O)[C@@H]2[C@@H]1CC[C@@H]2C. The van der Waals surface area contributed by atoms with Gasteiger partial charge in [0, 0.05) is 0 Å². The van der Waals surface area contributed by atoms with E-state index in [1.165, 1.54) is 18.4 Å². The van der Waals surface area contributed by atoms with Crippen molar-refractivity contribution in [3.8, 4) is 0 Å². The lowest BCUT2D eigenvalue weighted by atomic mass is 9.81. The standard InChI is InChI=1S/C10H16O2.C10H14O2.C10H18O2/c2*1-6-3-4-8-7(2)5-12-10(11)9(6)8;1-6(2)8-5-4-7(3)9(8)10(11)12/h6-9H,3-5H2,1-2H3;5-6,8-9H,3-4H2,1-2H3;6-9H,4-5H2,1-3H3,(H,11,12)/t6-,7-,8+,9-;6-,8+,9-;7-,8+,9?/m000/s1. The van der Waals surface area contributed by atoms with Gasteiger partial charge in [0.2, 0.25) is 0 Å². The molecule has 0 aromatic rings. The molecule has 6 heteroatoms. The Morgan fingerprint density at radius 3 is 2.03 bits per heavy atom. The fraction of sp³-hybridized carbons (Fsp3) is 0.833. The summed E-state index contributed by atoms with van der Waals surface area (Å²) in [5.41, 5.74) is 1.24. The van der Waals surface area contributed by atoms with Crippen LogP contribution in [0.1, 0.15) is 87.0 Å². The molecule has 0 radical (unpaired) electrons. The molecule has 3 saturated carbocycles. The van der Waals surface area contributed by atoms with Crippen LogP contribution in [0, 0.1) is 65.1 Å². The zero-order valence-corrected chi connectivity index (χ0v) is 23.4. The first-order valence-electron chi connectivity index (χ1n) is 14.2. The van der Waals surface area contributed by atoms with Crippen molar-refractivity contribution in [2.45, 2.75) is 87.0 Å². The number of carboxylic acids is 1. The van der Waals surface area contributed by atoms with E-state index < -0.39 is 5.97 Å². The van der Waals surface area contributed by atoms with E-state index in [2.05, 4.69) is 48.5 Å². The number of carbonyl (C=O) groups excluding carboxylic acids is 2. The normalized spacial score (nSPS) is 41.1. The number of rotatable bonds is 2. The molecule has 4 fully saturated rings. The quantitative estimate of drug-likeness (QED) is 0.441. The van der Waals surface area contributed by atoms with Crippen LogP contribution in [0.2, 0.25) is 0 Å². The number of fused-ring (bicyclic) bond motifs is 2. The van der Waals surface area contributed by atoms with Gasteiger partial charge in [0.15, 0.2) is 0 Å².